The van der Waals surface area contributed by atoms with Gasteiger partial charge in [0.1, 0.15) is 0 Å². The highest BCUT2D eigenvalue weighted by Gasteiger charge is 2.41. The van der Waals surface area contributed by atoms with Crippen molar-refractivity contribution in [2.24, 2.45) is 0 Å². The Bertz CT molecular complexity index is 867. The van der Waals surface area contributed by atoms with Gasteiger partial charge in [-0.15, -0.1) is 0 Å². The van der Waals surface area contributed by atoms with Gasteiger partial charge in [-0.25, -0.2) is 9.97 Å². The molecule has 5 rings (SSSR count). The van der Waals surface area contributed by atoms with Crippen LogP contribution in [0, 0.1) is 0 Å². The lowest BCUT2D eigenvalue weighted by atomic mass is 9.91. The van der Waals surface area contributed by atoms with Crippen molar-refractivity contribution < 1.29 is 9.47 Å². The van der Waals surface area contributed by atoms with E-state index in [0.717, 1.165) is 41.7 Å². The van der Waals surface area contributed by atoms with Crippen molar-refractivity contribution in [1.29, 1.82) is 0 Å². The molecule has 1 aromatic carbocycles. The molecule has 5 heteroatoms. The van der Waals surface area contributed by atoms with Gasteiger partial charge in [0.2, 0.25) is 0 Å². The first-order valence-electron chi connectivity index (χ1n) is 8.03. The van der Waals surface area contributed by atoms with E-state index in [1.165, 1.54) is 11.3 Å². The Balaban J connectivity index is 1.63. The standard InChI is InChI=1S/C18H17N3O2/c1-2-4-12(5-3-1)17-19-11-15-16(21-17)13-10-18(22-8-9-23-18)7-6-14(13)20-15/h1-5,11,20H,6-10H2. The fourth-order valence-corrected chi connectivity index (χ4v) is 3.63. The van der Waals surface area contributed by atoms with Gasteiger partial charge < -0.3 is 14.5 Å². The van der Waals surface area contributed by atoms with Gasteiger partial charge in [-0.05, 0) is 6.42 Å². The lowest BCUT2D eigenvalue weighted by molar-refractivity contribution is -0.163. The third-order valence-corrected chi connectivity index (χ3v) is 4.77. The number of aryl methyl sites for hydroxylation is 1. The summed E-state index contributed by atoms with van der Waals surface area (Å²) in [5, 5.41) is 0. The van der Waals surface area contributed by atoms with Gasteiger partial charge in [-0.2, -0.15) is 0 Å². The van der Waals surface area contributed by atoms with Crippen LogP contribution in [-0.2, 0) is 22.3 Å². The third-order valence-electron chi connectivity index (χ3n) is 4.77. The van der Waals surface area contributed by atoms with Crippen molar-refractivity contribution >= 4 is 11.0 Å². The molecule has 1 N–H and O–H groups in total. The lowest BCUT2D eigenvalue weighted by Crippen LogP contribution is -2.36. The van der Waals surface area contributed by atoms with E-state index >= 15 is 0 Å². The van der Waals surface area contributed by atoms with Crippen LogP contribution in [0.4, 0.5) is 0 Å². The number of aromatic amines is 1. The summed E-state index contributed by atoms with van der Waals surface area (Å²) >= 11 is 0. The topological polar surface area (TPSA) is 60.0 Å². The molecule has 3 heterocycles. The molecule has 0 bridgehead atoms. The first-order chi connectivity index (χ1) is 11.3. The molecule has 5 nitrogen and oxygen atoms in total. The number of ether oxygens (including phenoxy) is 2. The zero-order valence-corrected chi connectivity index (χ0v) is 12.7. The summed E-state index contributed by atoms with van der Waals surface area (Å²) in [5.41, 5.74) is 5.47. The van der Waals surface area contributed by atoms with Gasteiger partial charge >= 0.3 is 0 Å². The van der Waals surface area contributed by atoms with Crippen molar-refractivity contribution in [3.8, 4) is 11.4 Å². The number of fused-ring (bicyclic) bond motifs is 3. The molecule has 116 valence electrons. The van der Waals surface area contributed by atoms with Crippen molar-refractivity contribution in [1.82, 2.24) is 15.0 Å². The minimum absolute atomic E-state index is 0.444. The first-order valence-corrected chi connectivity index (χ1v) is 8.03. The minimum atomic E-state index is -0.444. The average Bonchev–Trinajstić information content (AvgIpc) is 3.20. The predicted octanol–water partition coefficient (Wildman–Crippen LogP) is 2.86. The minimum Gasteiger partial charge on any atom is -0.356 e. The average molecular weight is 307 g/mol. The Morgan fingerprint density at radius 1 is 1.09 bits per heavy atom. The third kappa shape index (κ3) is 2.08. The van der Waals surface area contributed by atoms with Crippen LogP contribution in [-0.4, -0.2) is 34.0 Å². The molecule has 0 saturated carbocycles. The van der Waals surface area contributed by atoms with Crippen LogP contribution in [0.3, 0.4) is 0 Å². The Morgan fingerprint density at radius 2 is 1.91 bits per heavy atom. The lowest BCUT2D eigenvalue weighted by Gasteiger charge is -2.31. The summed E-state index contributed by atoms with van der Waals surface area (Å²) in [4.78, 5) is 12.8. The molecular formula is C18H17N3O2. The second-order valence-corrected chi connectivity index (χ2v) is 6.19. The van der Waals surface area contributed by atoms with E-state index in [4.69, 9.17) is 14.5 Å². The molecule has 1 aliphatic heterocycles. The van der Waals surface area contributed by atoms with Gasteiger partial charge in [-0.1, -0.05) is 30.3 Å². The quantitative estimate of drug-likeness (QED) is 0.751. The second kappa shape index (κ2) is 4.88. The van der Waals surface area contributed by atoms with Crippen molar-refractivity contribution in [2.75, 3.05) is 13.2 Å². The number of rotatable bonds is 1. The summed E-state index contributed by atoms with van der Waals surface area (Å²) in [6, 6.07) is 10.1. The maximum absolute atomic E-state index is 5.89. The number of benzene rings is 1. The van der Waals surface area contributed by atoms with E-state index in [1.54, 1.807) is 0 Å². The normalized spacial score (nSPS) is 19.3. The van der Waals surface area contributed by atoms with Gasteiger partial charge in [-0.3, -0.25) is 0 Å². The van der Waals surface area contributed by atoms with Gasteiger partial charge in [0, 0.05) is 29.7 Å². The highest BCUT2D eigenvalue weighted by Crippen LogP contribution is 2.38. The molecule has 3 aromatic rings. The summed E-state index contributed by atoms with van der Waals surface area (Å²) in [6.07, 6.45) is 4.46. The number of aromatic nitrogens is 3. The zero-order valence-electron chi connectivity index (χ0n) is 12.7. The number of H-pyrrole nitrogens is 1. The molecule has 0 unspecified atom stereocenters. The maximum Gasteiger partial charge on any atom is 0.173 e. The van der Waals surface area contributed by atoms with Crippen LogP contribution in [0.15, 0.2) is 36.5 Å². The van der Waals surface area contributed by atoms with Crippen LogP contribution in [0.5, 0.6) is 0 Å². The molecule has 1 aliphatic carbocycles. The summed E-state index contributed by atoms with van der Waals surface area (Å²) in [6.45, 7) is 1.36. The van der Waals surface area contributed by atoms with E-state index in [-0.39, 0.29) is 0 Å². The van der Waals surface area contributed by atoms with Crippen molar-refractivity contribution in [2.45, 2.75) is 25.0 Å². The number of hydrogen-bond donors (Lipinski definition) is 1. The van der Waals surface area contributed by atoms with Gasteiger partial charge in [0.15, 0.2) is 11.6 Å². The summed E-state index contributed by atoms with van der Waals surface area (Å²) in [5.74, 6) is 0.313. The van der Waals surface area contributed by atoms with E-state index < -0.39 is 5.79 Å². The number of nitrogens with one attached hydrogen (secondary N) is 1. The number of hydrogen-bond acceptors (Lipinski definition) is 4. The fourth-order valence-electron chi connectivity index (χ4n) is 3.63. The van der Waals surface area contributed by atoms with Crippen molar-refractivity contribution in [3.63, 3.8) is 0 Å². The Labute approximate surface area is 133 Å². The highest BCUT2D eigenvalue weighted by atomic mass is 16.7. The van der Waals surface area contributed by atoms with E-state index in [1.807, 2.05) is 36.5 Å². The SMILES string of the molecule is c1ccc(-c2ncc3[nH]c4c(c3n2)CC2(CC4)OCCO2)cc1. The largest absolute Gasteiger partial charge is 0.356 e. The van der Waals surface area contributed by atoms with E-state index in [9.17, 15) is 0 Å². The molecule has 23 heavy (non-hydrogen) atoms. The zero-order chi connectivity index (χ0) is 15.3. The summed E-state index contributed by atoms with van der Waals surface area (Å²) in [7, 11) is 0. The van der Waals surface area contributed by atoms with Gasteiger partial charge in [0.05, 0.1) is 30.4 Å². The first kappa shape index (κ1) is 13.2. The van der Waals surface area contributed by atoms with Gasteiger partial charge in [0.25, 0.3) is 0 Å². The molecule has 0 radical (unpaired) electrons. The molecule has 0 atom stereocenters. The van der Waals surface area contributed by atoms with Crippen LogP contribution >= 0.6 is 0 Å². The summed E-state index contributed by atoms with van der Waals surface area (Å²) < 4.78 is 11.8. The second-order valence-electron chi connectivity index (χ2n) is 6.19. The Morgan fingerprint density at radius 3 is 2.74 bits per heavy atom. The molecule has 1 spiro atoms. The Kier molecular flexibility index (Phi) is 2.80. The highest BCUT2D eigenvalue weighted by molar-refractivity contribution is 5.82. The van der Waals surface area contributed by atoms with E-state index in [0.29, 0.717) is 13.2 Å². The molecule has 2 aromatic heterocycles. The van der Waals surface area contributed by atoms with Crippen LogP contribution in [0.2, 0.25) is 0 Å². The van der Waals surface area contributed by atoms with Crippen LogP contribution in [0.1, 0.15) is 17.7 Å². The molecular weight excluding hydrogens is 290 g/mol. The van der Waals surface area contributed by atoms with Crippen LogP contribution < -0.4 is 0 Å². The Hall–Kier alpha value is -2.24. The number of nitrogens with zero attached hydrogens (tertiary/aromatic N) is 2. The van der Waals surface area contributed by atoms with Crippen molar-refractivity contribution in [3.05, 3.63) is 47.8 Å². The molecule has 1 fully saturated rings. The molecule has 1 saturated heterocycles. The molecule has 2 aliphatic rings. The monoisotopic (exact) mass is 307 g/mol. The van der Waals surface area contributed by atoms with E-state index in [2.05, 4.69) is 9.97 Å². The predicted molar refractivity (Wildman–Crippen MR) is 86.0 cm³/mol. The molecule has 0 amide bonds. The smallest absolute Gasteiger partial charge is 0.173 e. The maximum atomic E-state index is 5.89. The fraction of sp³-hybridized carbons (Fsp3) is 0.333. The van der Waals surface area contributed by atoms with Crippen LogP contribution in [0.25, 0.3) is 22.4 Å².